The summed E-state index contributed by atoms with van der Waals surface area (Å²) in [6.45, 7) is 10.7. The van der Waals surface area contributed by atoms with Gasteiger partial charge in [0.15, 0.2) is 5.58 Å². The van der Waals surface area contributed by atoms with Gasteiger partial charge in [0.05, 0.1) is 29.0 Å². The van der Waals surface area contributed by atoms with E-state index in [4.69, 9.17) is 9.40 Å². The topological polar surface area (TPSA) is 56.7 Å². The van der Waals surface area contributed by atoms with Crippen molar-refractivity contribution in [3.63, 3.8) is 0 Å². The summed E-state index contributed by atoms with van der Waals surface area (Å²) in [5, 5.41) is 2.13. The van der Waals surface area contributed by atoms with Crippen LogP contribution in [0, 0.1) is 13.8 Å². The number of aromatic nitrogens is 4. The number of hydrogen-bond acceptors (Lipinski definition) is 4. The number of benzene rings is 2. The Bertz CT molecular complexity index is 1700. The summed E-state index contributed by atoms with van der Waals surface area (Å²) in [7, 11) is 0. The Kier molecular flexibility index (Phi) is 4.40. The van der Waals surface area contributed by atoms with Crippen LogP contribution >= 0.6 is 0 Å². The lowest BCUT2D eigenvalue weighted by Gasteiger charge is -2.19. The first kappa shape index (κ1) is 20.6. The van der Waals surface area contributed by atoms with Crippen LogP contribution in [0.4, 0.5) is 0 Å². The van der Waals surface area contributed by atoms with Crippen molar-refractivity contribution in [1.82, 2.24) is 19.5 Å². The van der Waals surface area contributed by atoms with Gasteiger partial charge in [0.1, 0.15) is 11.4 Å². The number of nitrogens with zero attached hydrogens (tertiary/aromatic N) is 4. The largest absolute Gasteiger partial charge is 0.454 e. The molecule has 0 aliphatic carbocycles. The highest BCUT2D eigenvalue weighted by atomic mass is 16.3. The first-order valence-electron chi connectivity index (χ1n) is 11.5. The maximum Gasteiger partial charge on any atom is 0.153 e. The van der Waals surface area contributed by atoms with E-state index in [-0.39, 0.29) is 5.41 Å². The Hall–Kier alpha value is -3.99. The van der Waals surface area contributed by atoms with Crippen molar-refractivity contribution >= 4 is 33.0 Å². The second-order valence-corrected chi connectivity index (χ2v) is 9.99. The Labute approximate surface area is 198 Å². The normalized spacial score (nSPS) is 12.3. The summed E-state index contributed by atoms with van der Waals surface area (Å²) in [5.41, 5.74) is 8.75. The van der Waals surface area contributed by atoms with Crippen LogP contribution in [0.2, 0.25) is 0 Å². The van der Waals surface area contributed by atoms with Gasteiger partial charge in [-0.3, -0.25) is 14.5 Å². The lowest BCUT2D eigenvalue weighted by atomic mass is 9.87. The third-order valence-corrected chi connectivity index (χ3v) is 6.43. The van der Waals surface area contributed by atoms with Gasteiger partial charge in [0.2, 0.25) is 0 Å². The molecule has 0 saturated heterocycles. The molecule has 0 atom stereocenters. The predicted molar refractivity (Wildman–Crippen MR) is 138 cm³/mol. The molecule has 0 unspecified atom stereocenters. The van der Waals surface area contributed by atoms with Crippen molar-refractivity contribution in [2.75, 3.05) is 0 Å². The van der Waals surface area contributed by atoms with Crippen LogP contribution in [0.5, 0.6) is 0 Å². The minimum Gasteiger partial charge on any atom is -0.454 e. The molecule has 6 aromatic rings. The number of rotatable bonds is 2. The van der Waals surface area contributed by atoms with Crippen LogP contribution in [-0.4, -0.2) is 19.5 Å². The molecule has 0 fully saturated rings. The minimum atomic E-state index is 0.0864. The highest BCUT2D eigenvalue weighted by Crippen LogP contribution is 2.38. The molecule has 0 aliphatic heterocycles. The standard InChI is InChI=1S/C29H26N4O/c1-17-13-23-21-7-6-8-22(27(21)34-26(23)16-31-17)28-32-24-14-18(2)30-15-25(24)33(28)20-11-9-19(10-12-20)29(3,4)5/h6-16H,1-5H3. The highest BCUT2D eigenvalue weighted by molar-refractivity contribution is 6.09. The van der Waals surface area contributed by atoms with Gasteiger partial charge in [0, 0.05) is 27.8 Å². The molecule has 0 aliphatic rings. The molecule has 4 aromatic heterocycles. The number of aryl methyl sites for hydroxylation is 2. The lowest BCUT2D eigenvalue weighted by Crippen LogP contribution is -2.11. The summed E-state index contributed by atoms with van der Waals surface area (Å²) < 4.78 is 8.52. The van der Waals surface area contributed by atoms with Crippen molar-refractivity contribution in [2.24, 2.45) is 0 Å². The van der Waals surface area contributed by atoms with E-state index in [1.165, 1.54) is 5.56 Å². The average molecular weight is 447 g/mol. The SMILES string of the molecule is Cc1cc2nc(-c3cccc4c3oc3cnc(C)cc34)n(-c3ccc(C(C)(C)C)cc3)c2cn1. The van der Waals surface area contributed by atoms with Crippen LogP contribution in [0.1, 0.15) is 37.7 Å². The van der Waals surface area contributed by atoms with Gasteiger partial charge in [-0.15, -0.1) is 0 Å². The quantitative estimate of drug-likeness (QED) is 0.280. The zero-order chi connectivity index (χ0) is 23.6. The molecular formula is C29H26N4O. The van der Waals surface area contributed by atoms with Gasteiger partial charge in [-0.1, -0.05) is 45.0 Å². The molecule has 0 bridgehead atoms. The zero-order valence-electron chi connectivity index (χ0n) is 20.0. The van der Waals surface area contributed by atoms with Gasteiger partial charge in [0.25, 0.3) is 0 Å². The van der Waals surface area contributed by atoms with Gasteiger partial charge in [-0.05, 0) is 55.2 Å². The van der Waals surface area contributed by atoms with Crippen LogP contribution in [0.25, 0.3) is 50.0 Å². The number of furan rings is 1. The fourth-order valence-electron chi connectivity index (χ4n) is 4.61. The summed E-state index contributed by atoms with van der Waals surface area (Å²) in [6.07, 6.45) is 3.71. The lowest BCUT2D eigenvalue weighted by molar-refractivity contribution is 0.590. The van der Waals surface area contributed by atoms with Crippen LogP contribution < -0.4 is 0 Å². The summed E-state index contributed by atoms with van der Waals surface area (Å²) in [5.74, 6) is 0.834. The Balaban J connectivity index is 1.66. The number of para-hydroxylation sites is 1. The molecular weight excluding hydrogens is 420 g/mol. The molecule has 0 saturated carbocycles. The maximum atomic E-state index is 6.34. The monoisotopic (exact) mass is 446 g/mol. The summed E-state index contributed by atoms with van der Waals surface area (Å²) in [4.78, 5) is 14.1. The first-order chi connectivity index (χ1) is 16.3. The van der Waals surface area contributed by atoms with Gasteiger partial charge in [-0.25, -0.2) is 4.98 Å². The predicted octanol–water partition coefficient (Wildman–Crippen LogP) is 7.30. The first-order valence-corrected chi connectivity index (χ1v) is 11.5. The Morgan fingerprint density at radius 3 is 2.32 bits per heavy atom. The Morgan fingerprint density at radius 1 is 0.824 bits per heavy atom. The van der Waals surface area contributed by atoms with Crippen molar-refractivity contribution in [1.29, 1.82) is 0 Å². The van der Waals surface area contributed by atoms with Crippen molar-refractivity contribution in [2.45, 2.75) is 40.0 Å². The number of imidazole rings is 1. The van der Waals surface area contributed by atoms with Gasteiger partial charge < -0.3 is 4.42 Å². The second-order valence-electron chi connectivity index (χ2n) is 9.99. The molecule has 168 valence electrons. The fourth-order valence-corrected chi connectivity index (χ4v) is 4.61. The van der Waals surface area contributed by atoms with Crippen LogP contribution in [0.3, 0.4) is 0 Å². The third-order valence-electron chi connectivity index (χ3n) is 6.43. The van der Waals surface area contributed by atoms with Crippen molar-refractivity contribution in [3.8, 4) is 17.1 Å². The van der Waals surface area contributed by atoms with Gasteiger partial charge >= 0.3 is 0 Å². The number of pyridine rings is 2. The zero-order valence-corrected chi connectivity index (χ0v) is 20.0. The molecule has 0 N–H and O–H groups in total. The molecule has 0 amide bonds. The maximum absolute atomic E-state index is 6.34. The third kappa shape index (κ3) is 3.19. The number of fused-ring (bicyclic) bond motifs is 4. The van der Waals surface area contributed by atoms with Crippen molar-refractivity contribution in [3.05, 3.63) is 83.9 Å². The number of hydrogen-bond donors (Lipinski definition) is 0. The second kappa shape index (κ2) is 7.26. The summed E-state index contributed by atoms with van der Waals surface area (Å²) >= 11 is 0. The molecule has 0 spiro atoms. The molecule has 0 radical (unpaired) electrons. The molecule has 5 heteroatoms. The van der Waals surface area contributed by atoms with Crippen LogP contribution in [0.15, 0.2) is 71.4 Å². The van der Waals surface area contributed by atoms with E-state index in [1.807, 2.05) is 26.1 Å². The van der Waals surface area contributed by atoms with E-state index in [0.717, 1.165) is 61.4 Å². The van der Waals surface area contributed by atoms with E-state index >= 15 is 0 Å². The van der Waals surface area contributed by atoms with E-state index in [1.54, 1.807) is 6.20 Å². The van der Waals surface area contributed by atoms with E-state index in [0.29, 0.717) is 0 Å². The molecule has 5 nitrogen and oxygen atoms in total. The molecule has 4 heterocycles. The molecule has 34 heavy (non-hydrogen) atoms. The highest BCUT2D eigenvalue weighted by Gasteiger charge is 2.21. The average Bonchev–Trinajstić information content (AvgIpc) is 3.36. The molecule has 2 aromatic carbocycles. The van der Waals surface area contributed by atoms with Crippen LogP contribution in [-0.2, 0) is 5.41 Å². The van der Waals surface area contributed by atoms with E-state index in [2.05, 4.69) is 83.8 Å². The minimum absolute atomic E-state index is 0.0864. The smallest absolute Gasteiger partial charge is 0.153 e. The van der Waals surface area contributed by atoms with E-state index in [9.17, 15) is 0 Å². The fraction of sp³-hybridized carbons (Fsp3) is 0.207. The summed E-state index contributed by atoms with van der Waals surface area (Å²) in [6, 6.07) is 19.1. The molecule has 6 rings (SSSR count). The Morgan fingerprint density at radius 2 is 1.56 bits per heavy atom. The van der Waals surface area contributed by atoms with Crippen molar-refractivity contribution < 1.29 is 4.42 Å². The van der Waals surface area contributed by atoms with E-state index < -0.39 is 0 Å². The van der Waals surface area contributed by atoms with Gasteiger partial charge in [-0.2, -0.15) is 0 Å².